The van der Waals surface area contributed by atoms with E-state index in [1.165, 1.54) is 36.4 Å². The fraction of sp³-hybridized carbons (Fsp3) is 0.267. The number of nitrogens with one attached hydrogen (secondary N) is 1. The number of alkyl halides is 6. The molecule has 1 amide bonds. The van der Waals surface area contributed by atoms with Crippen LogP contribution in [0, 0.1) is 5.92 Å². The molecule has 6 rings (SSSR count). The van der Waals surface area contributed by atoms with Crippen LogP contribution in [-0.4, -0.2) is 34.3 Å². The number of thioether (sulfide) groups is 1. The third-order valence-corrected chi connectivity index (χ3v) is 9.17. The van der Waals surface area contributed by atoms with Crippen LogP contribution in [0.1, 0.15) is 33.7 Å². The molecule has 0 aliphatic carbocycles. The van der Waals surface area contributed by atoms with Crippen molar-refractivity contribution in [2.45, 2.75) is 29.9 Å². The number of amides is 1. The standard InChI is InChI=1S/C30H22F6N2O2S/c31-29(32,33)19-10-5-17(6-11-19)7-14-24(39)26-25(18-8-12-20(13-9-18)30(34,35)36)23-15-41-16-38(23)28(26)21-3-1-2-4-22(21)37-27(28)40/h1-14,23,25-26H,15-16H2,(H,37,40)/b14-7+/t23-,25-,26+,28+/m1/s1. The summed E-state index contributed by atoms with van der Waals surface area (Å²) >= 11 is 1.58. The fourth-order valence-electron chi connectivity index (χ4n) is 6.39. The van der Waals surface area contributed by atoms with Gasteiger partial charge in [-0.1, -0.05) is 48.5 Å². The number of hydrogen-bond donors (Lipinski definition) is 1. The molecule has 3 heterocycles. The van der Waals surface area contributed by atoms with Crippen molar-refractivity contribution in [1.82, 2.24) is 4.90 Å². The number of fused-ring (bicyclic) bond motifs is 4. The summed E-state index contributed by atoms with van der Waals surface area (Å²) < 4.78 is 79.0. The number of para-hydroxylation sites is 1. The van der Waals surface area contributed by atoms with Gasteiger partial charge in [-0.05, 0) is 47.5 Å². The lowest BCUT2D eigenvalue weighted by Gasteiger charge is -2.36. The Morgan fingerprint density at radius 3 is 2.15 bits per heavy atom. The molecule has 3 aromatic rings. The van der Waals surface area contributed by atoms with E-state index in [1.807, 2.05) is 4.90 Å². The first-order chi connectivity index (χ1) is 19.4. The monoisotopic (exact) mass is 588 g/mol. The minimum atomic E-state index is -4.53. The molecule has 11 heteroatoms. The van der Waals surface area contributed by atoms with Crippen LogP contribution in [0.4, 0.5) is 32.0 Å². The lowest BCUT2D eigenvalue weighted by molar-refractivity contribution is -0.138. The normalized spacial score (nSPS) is 26.0. The van der Waals surface area contributed by atoms with Crippen molar-refractivity contribution in [3.63, 3.8) is 0 Å². The zero-order valence-electron chi connectivity index (χ0n) is 21.2. The Morgan fingerprint density at radius 1 is 0.902 bits per heavy atom. The Labute approximate surface area is 235 Å². The van der Waals surface area contributed by atoms with Crippen molar-refractivity contribution in [1.29, 1.82) is 0 Å². The third-order valence-electron chi connectivity index (χ3n) is 8.14. The van der Waals surface area contributed by atoms with Gasteiger partial charge in [-0.3, -0.25) is 14.5 Å². The molecular weight excluding hydrogens is 566 g/mol. The third kappa shape index (κ3) is 4.46. The smallest absolute Gasteiger partial charge is 0.324 e. The maximum absolute atomic E-state index is 14.1. The molecule has 41 heavy (non-hydrogen) atoms. The summed E-state index contributed by atoms with van der Waals surface area (Å²) in [4.78, 5) is 30.0. The van der Waals surface area contributed by atoms with Gasteiger partial charge in [0.2, 0.25) is 5.91 Å². The first-order valence-corrected chi connectivity index (χ1v) is 13.9. The molecule has 212 valence electrons. The van der Waals surface area contributed by atoms with E-state index in [4.69, 9.17) is 0 Å². The van der Waals surface area contributed by atoms with Crippen LogP contribution in [0.25, 0.3) is 6.08 Å². The quantitative estimate of drug-likeness (QED) is 0.265. The van der Waals surface area contributed by atoms with E-state index in [2.05, 4.69) is 5.32 Å². The highest BCUT2D eigenvalue weighted by atomic mass is 32.2. The van der Waals surface area contributed by atoms with Gasteiger partial charge >= 0.3 is 12.4 Å². The predicted molar refractivity (Wildman–Crippen MR) is 143 cm³/mol. The zero-order valence-corrected chi connectivity index (χ0v) is 22.0. The molecule has 0 saturated carbocycles. The van der Waals surface area contributed by atoms with Crippen LogP contribution < -0.4 is 5.32 Å². The van der Waals surface area contributed by atoms with E-state index in [0.29, 0.717) is 34.0 Å². The van der Waals surface area contributed by atoms with Gasteiger partial charge in [0.05, 0.1) is 17.0 Å². The molecule has 3 aromatic carbocycles. The number of rotatable bonds is 4. The minimum absolute atomic E-state index is 0.318. The molecule has 2 saturated heterocycles. The number of anilines is 1. The van der Waals surface area contributed by atoms with E-state index in [1.54, 1.807) is 36.0 Å². The Kier molecular flexibility index (Phi) is 6.57. The Bertz CT molecular complexity index is 1530. The number of halogens is 6. The number of carbonyl (C=O) groups excluding carboxylic acids is 2. The minimum Gasteiger partial charge on any atom is -0.324 e. The van der Waals surface area contributed by atoms with E-state index in [0.717, 1.165) is 24.3 Å². The summed E-state index contributed by atoms with van der Waals surface area (Å²) in [6.07, 6.45) is -6.38. The molecule has 0 unspecified atom stereocenters. The first-order valence-electron chi connectivity index (χ1n) is 12.7. The largest absolute Gasteiger partial charge is 0.416 e. The molecule has 1 spiro atoms. The Morgan fingerprint density at radius 2 is 1.51 bits per heavy atom. The molecule has 0 bridgehead atoms. The van der Waals surface area contributed by atoms with Crippen LogP contribution in [-0.2, 0) is 27.5 Å². The van der Waals surface area contributed by atoms with Crippen LogP contribution in [0.5, 0.6) is 0 Å². The highest BCUT2D eigenvalue weighted by Crippen LogP contribution is 2.61. The zero-order chi connectivity index (χ0) is 29.2. The number of nitrogens with zero attached hydrogens (tertiary/aromatic N) is 1. The summed E-state index contributed by atoms with van der Waals surface area (Å²) in [5.74, 6) is -1.44. The first kappa shape index (κ1) is 27.6. The van der Waals surface area contributed by atoms with Crippen LogP contribution in [0.3, 0.4) is 0 Å². The molecule has 2 fully saturated rings. The molecule has 0 radical (unpaired) electrons. The molecular formula is C30H22F6N2O2S. The van der Waals surface area contributed by atoms with Gasteiger partial charge in [0.1, 0.15) is 5.54 Å². The van der Waals surface area contributed by atoms with Crippen molar-refractivity contribution in [2.75, 3.05) is 16.9 Å². The van der Waals surface area contributed by atoms with Crippen molar-refractivity contribution >= 4 is 35.2 Å². The summed E-state index contributed by atoms with van der Waals surface area (Å²) in [6.45, 7) is 0. The Balaban J connectivity index is 1.46. The fourth-order valence-corrected chi connectivity index (χ4v) is 7.72. The molecule has 3 aliphatic heterocycles. The maximum atomic E-state index is 14.1. The van der Waals surface area contributed by atoms with E-state index >= 15 is 0 Å². The average molecular weight is 589 g/mol. The number of hydrogen-bond acceptors (Lipinski definition) is 4. The van der Waals surface area contributed by atoms with Crippen molar-refractivity contribution < 1.29 is 35.9 Å². The van der Waals surface area contributed by atoms with Gasteiger partial charge in [-0.15, -0.1) is 11.8 Å². The number of benzene rings is 3. The summed E-state index contributed by atoms with van der Waals surface area (Å²) in [5.41, 5.74) is -1.00. The topological polar surface area (TPSA) is 49.4 Å². The van der Waals surface area contributed by atoms with Crippen LogP contribution in [0.2, 0.25) is 0 Å². The number of carbonyl (C=O) groups is 2. The highest BCUT2D eigenvalue weighted by Gasteiger charge is 2.69. The molecule has 3 aliphatic rings. The molecule has 4 atom stereocenters. The predicted octanol–water partition coefficient (Wildman–Crippen LogP) is 6.94. The van der Waals surface area contributed by atoms with Gasteiger partial charge < -0.3 is 5.32 Å². The van der Waals surface area contributed by atoms with E-state index < -0.39 is 46.6 Å². The van der Waals surface area contributed by atoms with Gasteiger partial charge in [-0.2, -0.15) is 26.3 Å². The van der Waals surface area contributed by atoms with Crippen LogP contribution >= 0.6 is 11.8 Å². The van der Waals surface area contributed by atoms with Gasteiger partial charge in [0, 0.05) is 34.8 Å². The molecule has 0 aromatic heterocycles. The van der Waals surface area contributed by atoms with Crippen molar-refractivity contribution in [3.8, 4) is 0 Å². The molecule has 1 N–H and O–H groups in total. The lowest BCUT2D eigenvalue weighted by Crippen LogP contribution is -2.52. The highest BCUT2D eigenvalue weighted by molar-refractivity contribution is 7.99. The second kappa shape index (κ2) is 9.77. The van der Waals surface area contributed by atoms with Crippen molar-refractivity contribution in [2.24, 2.45) is 5.92 Å². The average Bonchev–Trinajstić information content (AvgIpc) is 3.59. The SMILES string of the molecule is O=C(/C=C/c1ccc(C(F)(F)F)cc1)[C@H]1[C@H](c2ccc(C(F)(F)F)cc2)[C@H]2CSCN2[C@]12C(=O)Nc1ccccc12. The van der Waals surface area contributed by atoms with E-state index in [-0.39, 0.29) is 11.9 Å². The van der Waals surface area contributed by atoms with Crippen molar-refractivity contribution in [3.05, 3.63) is 107 Å². The maximum Gasteiger partial charge on any atom is 0.416 e. The second-order valence-electron chi connectivity index (χ2n) is 10.3. The number of ketones is 1. The van der Waals surface area contributed by atoms with Gasteiger partial charge in [0.15, 0.2) is 5.78 Å². The Hall–Kier alpha value is -3.57. The van der Waals surface area contributed by atoms with Crippen LogP contribution in [0.15, 0.2) is 78.9 Å². The summed E-state index contributed by atoms with van der Waals surface area (Å²) in [6, 6.07) is 15.8. The van der Waals surface area contributed by atoms with Gasteiger partial charge in [0.25, 0.3) is 0 Å². The lowest BCUT2D eigenvalue weighted by atomic mass is 9.70. The second-order valence-corrected chi connectivity index (χ2v) is 11.3. The summed E-state index contributed by atoms with van der Waals surface area (Å²) in [5, 5.41) is 2.90. The van der Waals surface area contributed by atoms with E-state index in [9.17, 15) is 35.9 Å². The van der Waals surface area contributed by atoms with Gasteiger partial charge in [-0.25, -0.2) is 0 Å². The molecule has 4 nitrogen and oxygen atoms in total. The number of allylic oxidation sites excluding steroid dienone is 1. The summed E-state index contributed by atoms with van der Waals surface area (Å²) in [7, 11) is 0.